The topological polar surface area (TPSA) is 83.9 Å². The van der Waals surface area contributed by atoms with E-state index in [0.717, 1.165) is 29.8 Å². The monoisotopic (exact) mass is 427 g/mol. The number of nitrogens with zero attached hydrogens (tertiary/aromatic N) is 4. The molecule has 162 valence electrons. The molecular weight excluding hydrogens is 402 g/mol. The van der Waals surface area contributed by atoms with E-state index in [1.54, 1.807) is 29.1 Å². The molecule has 4 aromatic rings. The van der Waals surface area contributed by atoms with Crippen LogP contribution in [-0.2, 0) is 0 Å². The van der Waals surface area contributed by atoms with Gasteiger partial charge < -0.3 is 14.5 Å². The molecule has 0 unspecified atom stereocenters. The minimum Gasteiger partial charge on any atom is -0.344 e. The molecule has 4 heterocycles. The molecule has 3 aromatic heterocycles. The first-order chi connectivity index (χ1) is 15.4. The van der Waals surface area contributed by atoms with Gasteiger partial charge >= 0.3 is 0 Å². The largest absolute Gasteiger partial charge is 0.344 e. The smallest absolute Gasteiger partial charge is 0.250 e. The Balaban J connectivity index is 1.77. The minimum atomic E-state index is -0.0811. The molecule has 1 saturated heterocycles. The van der Waals surface area contributed by atoms with Gasteiger partial charge in [-0.15, -0.1) is 0 Å². The number of benzene rings is 1. The van der Waals surface area contributed by atoms with Crippen molar-refractivity contribution in [3.63, 3.8) is 0 Å². The average Bonchev–Trinajstić information content (AvgIpc) is 2.78. The zero-order valence-corrected chi connectivity index (χ0v) is 18.4. The number of fused-ring (bicyclic) bond motifs is 1. The molecule has 1 N–H and O–H groups in total. The van der Waals surface area contributed by atoms with E-state index in [0.29, 0.717) is 22.6 Å². The molecule has 0 amide bonds. The number of likely N-dealkylation sites (tertiary alicyclic amines) is 1. The third-order valence-electron chi connectivity index (χ3n) is 6.06. The highest BCUT2D eigenvalue weighted by atomic mass is 16.1. The van der Waals surface area contributed by atoms with Crippen molar-refractivity contribution in [2.75, 3.05) is 20.1 Å². The van der Waals surface area contributed by atoms with Crippen LogP contribution in [-0.4, -0.2) is 44.6 Å². The summed E-state index contributed by atoms with van der Waals surface area (Å²) in [4.78, 5) is 40.7. The third kappa shape index (κ3) is 3.44. The van der Waals surface area contributed by atoms with Crippen molar-refractivity contribution in [1.82, 2.24) is 24.4 Å². The highest BCUT2D eigenvalue weighted by molar-refractivity contribution is 5.84. The Morgan fingerprint density at radius 2 is 1.69 bits per heavy atom. The molecule has 0 aliphatic carbocycles. The van der Waals surface area contributed by atoms with Crippen LogP contribution < -0.4 is 11.0 Å². The van der Waals surface area contributed by atoms with Gasteiger partial charge in [0.2, 0.25) is 5.43 Å². The molecule has 5 rings (SSSR count). The van der Waals surface area contributed by atoms with E-state index in [9.17, 15) is 9.59 Å². The van der Waals surface area contributed by atoms with E-state index in [1.165, 1.54) is 0 Å². The number of aromatic amines is 1. The summed E-state index contributed by atoms with van der Waals surface area (Å²) in [5.41, 5.74) is 4.28. The molecule has 7 heteroatoms. The molecule has 32 heavy (non-hydrogen) atoms. The van der Waals surface area contributed by atoms with E-state index in [2.05, 4.69) is 9.88 Å². The summed E-state index contributed by atoms with van der Waals surface area (Å²) in [6, 6.07) is 13.1. The summed E-state index contributed by atoms with van der Waals surface area (Å²) >= 11 is 0. The maximum atomic E-state index is 13.3. The SMILES string of the molecule is CC(C)n1cc(-c2nc3c(=O)c(C4CN(C)C4)c[nH]c3nc2-c2ccccc2)ccc1=O. The summed E-state index contributed by atoms with van der Waals surface area (Å²) in [5.74, 6) is 0.204. The zero-order valence-electron chi connectivity index (χ0n) is 18.4. The molecule has 0 radical (unpaired) electrons. The van der Waals surface area contributed by atoms with Crippen molar-refractivity contribution in [1.29, 1.82) is 0 Å². The number of H-pyrrole nitrogens is 1. The van der Waals surface area contributed by atoms with Crippen molar-refractivity contribution in [2.24, 2.45) is 0 Å². The number of hydrogen-bond acceptors (Lipinski definition) is 5. The van der Waals surface area contributed by atoms with Crippen LogP contribution >= 0.6 is 0 Å². The number of nitrogens with one attached hydrogen (secondary N) is 1. The Bertz CT molecular complexity index is 1420. The maximum Gasteiger partial charge on any atom is 0.250 e. The Labute approximate surface area is 185 Å². The fourth-order valence-corrected chi connectivity index (χ4v) is 4.29. The van der Waals surface area contributed by atoms with Crippen LogP contribution in [0.4, 0.5) is 0 Å². The lowest BCUT2D eigenvalue weighted by Crippen LogP contribution is -2.43. The van der Waals surface area contributed by atoms with Crippen molar-refractivity contribution < 1.29 is 0 Å². The van der Waals surface area contributed by atoms with Crippen LogP contribution in [0.5, 0.6) is 0 Å². The van der Waals surface area contributed by atoms with Crippen molar-refractivity contribution in [2.45, 2.75) is 25.8 Å². The lowest BCUT2D eigenvalue weighted by atomic mass is 9.93. The zero-order chi connectivity index (χ0) is 22.4. The lowest BCUT2D eigenvalue weighted by molar-refractivity contribution is 0.189. The molecule has 1 fully saturated rings. The van der Waals surface area contributed by atoms with Gasteiger partial charge in [0.1, 0.15) is 0 Å². The Morgan fingerprint density at radius 3 is 2.38 bits per heavy atom. The molecule has 0 atom stereocenters. The summed E-state index contributed by atoms with van der Waals surface area (Å²) < 4.78 is 1.67. The van der Waals surface area contributed by atoms with E-state index in [-0.39, 0.29) is 22.9 Å². The summed E-state index contributed by atoms with van der Waals surface area (Å²) in [5, 5.41) is 0. The first-order valence-corrected chi connectivity index (χ1v) is 10.8. The Hall–Kier alpha value is -3.58. The summed E-state index contributed by atoms with van der Waals surface area (Å²) in [6.45, 7) is 5.64. The van der Waals surface area contributed by atoms with Crippen LogP contribution in [0.2, 0.25) is 0 Å². The molecule has 0 spiro atoms. The second kappa shape index (κ2) is 7.84. The third-order valence-corrected chi connectivity index (χ3v) is 6.06. The van der Waals surface area contributed by atoms with Crippen molar-refractivity contribution in [3.05, 3.63) is 81.0 Å². The maximum absolute atomic E-state index is 13.3. The molecule has 0 saturated carbocycles. The average molecular weight is 428 g/mol. The Kier molecular flexibility index (Phi) is 4.98. The number of aromatic nitrogens is 4. The van der Waals surface area contributed by atoms with Gasteiger partial charge in [-0.25, -0.2) is 9.97 Å². The number of pyridine rings is 2. The molecule has 7 nitrogen and oxygen atoms in total. The molecule has 1 aromatic carbocycles. The highest BCUT2D eigenvalue weighted by Gasteiger charge is 2.28. The van der Waals surface area contributed by atoms with Gasteiger partial charge in [-0.2, -0.15) is 0 Å². The number of likely N-dealkylation sites (N-methyl/N-ethyl adjacent to an activating group) is 1. The summed E-state index contributed by atoms with van der Waals surface area (Å²) in [7, 11) is 2.04. The first kappa shape index (κ1) is 20.3. The predicted octanol–water partition coefficient (Wildman–Crippen LogP) is 3.42. The number of hydrogen-bond donors (Lipinski definition) is 1. The minimum absolute atomic E-state index is 0.00153. The van der Waals surface area contributed by atoms with Crippen LogP contribution in [0, 0.1) is 0 Å². The van der Waals surface area contributed by atoms with Gasteiger partial charge in [0, 0.05) is 60.2 Å². The second-order valence-electron chi connectivity index (χ2n) is 8.73. The van der Waals surface area contributed by atoms with Crippen LogP contribution in [0.25, 0.3) is 33.7 Å². The standard InChI is InChI=1S/C25H25N5O2/c1-15(2)30-14-17(9-10-20(30)31)22-21(16-7-5-4-6-8-16)28-25-23(27-22)24(32)19(11-26-25)18-12-29(3)13-18/h4-11,14-15,18H,12-13H2,1-3H3,(H,26,28,32). The molecular formula is C25H25N5O2. The predicted molar refractivity (Wildman–Crippen MR) is 126 cm³/mol. The van der Waals surface area contributed by atoms with Crippen LogP contribution in [0.3, 0.4) is 0 Å². The second-order valence-corrected chi connectivity index (χ2v) is 8.73. The van der Waals surface area contributed by atoms with Gasteiger partial charge in [0.05, 0.1) is 11.4 Å². The van der Waals surface area contributed by atoms with E-state index < -0.39 is 0 Å². The van der Waals surface area contributed by atoms with E-state index in [4.69, 9.17) is 9.97 Å². The lowest BCUT2D eigenvalue weighted by Gasteiger charge is -2.35. The van der Waals surface area contributed by atoms with Gasteiger partial charge in [0.25, 0.3) is 5.56 Å². The van der Waals surface area contributed by atoms with Crippen LogP contribution in [0.1, 0.15) is 31.4 Å². The van der Waals surface area contributed by atoms with Gasteiger partial charge in [-0.3, -0.25) is 9.59 Å². The molecule has 1 aliphatic heterocycles. The quantitative estimate of drug-likeness (QED) is 0.540. The molecule has 0 bridgehead atoms. The first-order valence-electron chi connectivity index (χ1n) is 10.8. The number of rotatable bonds is 4. The fourth-order valence-electron chi connectivity index (χ4n) is 4.29. The van der Waals surface area contributed by atoms with Crippen LogP contribution in [0.15, 0.2) is 64.4 Å². The highest BCUT2D eigenvalue weighted by Crippen LogP contribution is 2.30. The van der Waals surface area contributed by atoms with E-state index >= 15 is 0 Å². The van der Waals surface area contributed by atoms with Crippen molar-refractivity contribution in [3.8, 4) is 22.5 Å². The Morgan fingerprint density at radius 1 is 0.969 bits per heavy atom. The normalized spacial score (nSPS) is 14.8. The fraction of sp³-hybridized carbons (Fsp3) is 0.280. The summed E-state index contributed by atoms with van der Waals surface area (Å²) in [6.07, 6.45) is 3.58. The van der Waals surface area contributed by atoms with E-state index in [1.807, 2.05) is 51.2 Å². The van der Waals surface area contributed by atoms with Crippen molar-refractivity contribution >= 4 is 11.2 Å². The molecule has 1 aliphatic rings. The van der Waals surface area contributed by atoms with Gasteiger partial charge in [-0.1, -0.05) is 30.3 Å². The van der Waals surface area contributed by atoms with Gasteiger partial charge in [-0.05, 0) is 27.0 Å². The van der Waals surface area contributed by atoms with Gasteiger partial charge in [0.15, 0.2) is 11.2 Å².